The average molecular weight is 187 g/mol. The molecule has 1 fully saturated rings. The van der Waals surface area contributed by atoms with Gasteiger partial charge in [-0.1, -0.05) is 0 Å². The molecule has 1 saturated heterocycles. The highest BCUT2D eigenvalue weighted by atomic mass is 16.3. The van der Waals surface area contributed by atoms with Gasteiger partial charge in [-0.3, -0.25) is 14.5 Å². The summed E-state index contributed by atoms with van der Waals surface area (Å²) in [6.07, 6.45) is -0.527. The maximum absolute atomic E-state index is 11.2. The maximum atomic E-state index is 11.2. The van der Waals surface area contributed by atoms with Crippen LogP contribution < -0.4 is 0 Å². The van der Waals surface area contributed by atoms with E-state index < -0.39 is 18.8 Å². The summed E-state index contributed by atoms with van der Waals surface area (Å²) in [5.41, 5.74) is 0. The largest absolute Gasteiger partial charge is 0.394 e. The minimum Gasteiger partial charge on any atom is -0.394 e. The Morgan fingerprint density at radius 1 is 1.38 bits per heavy atom. The first-order chi connectivity index (χ1) is 6.07. The molecule has 2 amide bonds. The van der Waals surface area contributed by atoms with Gasteiger partial charge in [0.15, 0.2) is 0 Å². The van der Waals surface area contributed by atoms with Gasteiger partial charge >= 0.3 is 0 Å². The predicted molar refractivity (Wildman–Crippen MR) is 43.6 cm³/mol. The van der Waals surface area contributed by atoms with Gasteiger partial charge < -0.3 is 10.2 Å². The summed E-state index contributed by atoms with van der Waals surface area (Å²) in [4.78, 5) is 23.3. The Balaban J connectivity index is 2.77. The average Bonchev–Trinajstić information content (AvgIpc) is 2.36. The van der Waals surface area contributed by atoms with E-state index in [1.54, 1.807) is 0 Å². The predicted octanol–water partition coefficient (Wildman–Crippen LogP) is -1.12. The van der Waals surface area contributed by atoms with E-state index in [4.69, 9.17) is 5.11 Å². The molecule has 0 unspecified atom stereocenters. The molecule has 0 aromatic carbocycles. The highest BCUT2D eigenvalue weighted by molar-refractivity contribution is 6.02. The van der Waals surface area contributed by atoms with E-state index in [0.29, 0.717) is 0 Å². The van der Waals surface area contributed by atoms with Crippen molar-refractivity contribution >= 4 is 11.8 Å². The second-order valence-corrected chi connectivity index (χ2v) is 3.15. The van der Waals surface area contributed by atoms with Crippen LogP contribution in [0.15, 0.2) is 0 Å². The Morgan fingerprint density at radius 3 is 2.15 bits per heavy atom. The van der Waals surface area contributed by atoms with E-state index in [2.05, 4.69) is 0 Å². The van der Waals surface area contributed by atoms with Crippen molar-refractivity contribution in [2.24, 2.45) is 0 Å². The van der Waals surface area contributed by atoms with Gasteiger partial charge in [0.05, 0.1) is 18.8 Å². The number of carbonyl (C=O) groups excluding carboxylic acids is 2. The Bertz CT molecular complexity index is 210. The molecular weight excluding hydrogens is 174 g/mol. The van der Waals surface area contributed by atoms with E-state index in [-0.39, 0.29) is 24.7 Å². The van der Waals surface area contributed by atoms with Crippen LogP contribution in [0.5, 0.6) is 0 Å². The van der Waals surface area contributed by atoms with Crippen molar-refractivity contribution in [3.05, 3.63) is 0 Å². The Hall–Kier alpha value is -0.940. The monoisotopic (exact) mass is 187 g/mol. The number of amides is 2. The molecule has 1 heterocycles. The second-order valence-electron chi connectivity index (χ2n) is 3.15. The van der Waals surface area contributed by atoms with E-state index in [0.717, 1.165) is 4.90 Å². The van der Waals surface area contributed by atoms with Gasteiger partial charge in [0, 0.05) is 12.8 Å². The van der Waals surface area contributed by atoms with E-state index in [1.807, 2.05) is 0 Å². The third-order valence-electron chi connectivity index (χ3n) is 2.17. The lowest BCUT2D eigenvalue weighted by atomic mass is 10.1. The van der Waals surface area contributed by atoms with E-state index >= 15 is 0 Å². The summed E-state index contributed by atoms with van der Waals surface area (Å²) in [7, 11) is 0. The molecule has 0 aromatic rings. The zero-order chi connectivity index (χ0) is 10.0. The fraction of sp³-hybridized carbons (Fsp3) is 0.750. The molecule has 0 saturated carbocycles. The molecule has 13 heavy (non-hydrogen) atoms. The van der Waals surface area contributed by atoms with Crippen molar-refractivity contribution in [3.63, 3.8) is 0 Å². The molecule has 5 nitrogen and oxygen atoms in total. The molecule has 0 radical (unpaired) electrons. The van der Waals surface area contributed by atoms with Gasteiger partial charge in [-0.25, -0.2) is 0 Å². The van der Waals surface area contributed by atoms with Crippen molar-refractivity contribution < 1.29 is 19.8 Å². The first kappa shape index (κ1) is 10.1. The molecule has 5 heteroatoms. The third-order valence-corrected chi connectivity index (χ3v) is 2.17. The summed E-state index contributed by atoms with van der Waals surface area (Å²) < 4.78 is 0. The van der Waals surface area contributed by atoms with E-state index in [1.165, 1.54) is 6.92 Å². The third kappa shape index (κ3) is 1.87. The number of hydrogen-bond acceptors (Lipinski definition) is 4. The second kappa shape index (κ2) is 3.85. The fourth-order valence-electron chi connectivity index (χ4n) is 1.41. The van der Waals surface area contributed by atoms with Crippen LogP contribution >= 0.6 is 0 Å². The summed E-state index contributed by atoms with van der Waals surface area (Å²) in [5, 5.41) is 18.1. The first-order valence-electron chi connectivity index (χ1n) is 4.21. The van der Waals surface area contributed by atoms with Crippen LogP contribution in [0.4, 0.5) is 0 Å². The van der Waals surface area contributed by atoms with Gasteiger partial charge in [0.2, 0.25) is 11.8 Å². The lowest BCUT2D eigenvalue weighted by Crippen LogP contribution is -2.47. The highest BCUT2D eigenvalue weighted by Crippen LogP contribution is 2.17. The zero-order valence-corrected chi connectivity index (χ0v) is 7.43. The smallest absolute Gasteiger partial charge is 0.230 e. The summed E-state index contributed by atoms with van der Waals surface area (Å²) in [5.74, 6) is -0.630. The molecule has 0 aliphatic carbocycles. The molecule has 0 spiro atoms. The normalized spacial score (nSPS) is 22.2. The minimum atomic E-state index is -0.893. The Kier molecular flexibility index (Phi) is 3.00. The molecule has 0 aromatic heterocycles. The molecule has 2 atom stereocenters. The number of hydrogen-bond donors (Lipinski definition) is 2. The fourth-order valence-corrected chi connectivity index (χ4v) is 1.41. The first-order valence-corrected chi connectivity index (χ1v) is 4.21. The summed E-state index contributed by atoms with van der Waals surface area (Å²) in [6.45, 7) is 1.05. The lowest BCUT2D eigenvalue weighted by Gasteiger charge is -2.26. The molecule has 2 N–H and O–H groups in total. The van der Waals surface area contributed by atoms with Crippen LogP contribution in [0.25, 0.3) is 0 Å². The molecular formula is C8H13NO4. The van der Waals surface area contributed by atoms with Crippen LogP contribution in [0, 0.1) is 0 Å². The van der Waals surface area contributed by atoms with Crippen LogP contribution in [0.1, 0.15) is 19.8 Å². The summed E-state index contributed by atoms with van der Waals surface area (Å²) in [6, 6.07) is -0.789. The van der Waals surface area contributed by atoms with Gasteiger partial charge in [-0.15, -0.1) is 0 Å². The van der Waals surface area contributed by atoms with Crippen molar-refractivity contribution in [2.45, 2.75) is 31.9 Å². The van der Waals surface area contributed by atoms with Gasteiger partial charge in [-0.2, -0.15) is 0 Å². The number of rotatable bonds is 3. The zero-order valence-electron chi connectivity index (χ0n) is 7.43. The number of aliphatic hydroxyl groups excluding tert-OH is 2. The van der Waals surface area contributed by atoms with Crippen LogP contribution in [0.2, 0.25) is 0 Å². The maximum Gasteiger partial charge on any atom is 0.230 e. The standard InChI is InChI=1S/C8H13NO4/c1-5(11)6(4-10)9-7(12)2-3-8(9)13/h5-6,10-11H,2-4H2,1H3/t5-,6-/m1/s1. The number of nitrogens with zero attached hydrogens (tertiary/aromatic N) is 1. The van der Waals surface area contributed by atoms with Crippen molar-refractivity contribution in [3.8, 4) is 0 Å². The molecule has 1 rings (SSSR count). The molecule has 74 valence electrons. The van der Waals surface area contributed by atoms with Gasteiger partial charge in [-0.05, 0) is 6.92 Å². The quantitative estimate of drug-likeness (QED) is 0.548. The molecule has 1 aliphatic heterocycles. The Morgan fingerprint density at radius 2 is 1.85 bits per heavy atom. The highest BCUT2D eigenvalue weighted by Gasteiger charge is 2.36. The number of carbonyl (C=O) groups is 2. The van der Waals surface area contributed by atoms with Crippen molar-refractivity contribution in [2.75, 3.05) is 6.61 Å². The van der Waals surface area contributed by atoms with E-state index in [9.17, 15) is 14.7 Å². The minimum absolute atomic E-state index is 0.183. The lowest BCUT2D eigenvalue weighted by molar-refractivity contribution is -0.145. The topological polar surface area (TPSA) is 77.8 Å². The van der Waals surface area contributed by atoms with Crippen LogP contribution in [-0.4, -0.2) is 45.7 Å². The molecule has 1 aliphatic rings. The van der Waals surface area contributed by atoms with Crippen molar-refractivity contribution in [1.29, 1.82) is 0 Å². The van der Waals surface area contributed by atoms with Crippen molar-refractivity contribution in [1.82, 2.24) is 4.90 Å². The number of likely N-dealkylation sites (tertiary alicyclic amines) is 1. The van der Waals surface area contributed by atoms with Crippen LogP contribution in [0.3, 0.4) is 0 Å². The van der Waals surface area contributed by atoms with Gasteiger partial charge in [0.25, 0.3) is 0 Å². The SMILES string of the molecule is C[C@@H](O)[C@@H](CO)N1C(=O)CCC1=O. The number of aliphatic hydroxyl groups is 2. The number of imide groups is 1. The van der Waals surface area contributed by atoms with Crippen LogP contribution in [-0.2, 0) is 9.59 Å². The molecule has 0 bridgehead atoms. The Labute approximate surface area is 76.0 Å². The summed E-state index contributed by atoms with van der Waals surface area (Å²) >= 11 is 0. The van der Waals surface area contributed by atoms with Gasteiger partial charge in [0.1, 0.15) is 0 Å².